The van der Waals surface area contributed by atoms with Gasteiger partial charge in [-0.3, -0.25) is 4.99 Å². The quantitative estimate of drug-likeness (QED) is 0.664. The summed E-state index contributed by atoms with van der Waals surface area (Å²) in [5.74, 6) is 1.25. The Labute approximate surface area is 125 Å². The molecule has 0 aromatic carbocycles. The van der Waals surface area contributed by atoms with Gasteiger partial charge in [-0.25, -0.2) is 0 Å². The normalized spacial score (nSPS) is 27.1. The minimum Gasteiger partial charge on any atom is -0.376 e. The van der Waals surface area contributed by atoms with Crippen LogP contribution in [0.5, 0.6) is 0 Å². The minimum absolute atomic E-state index is 0. The number of hydrogen-bond acceptors (Lipinski definition) is 2. The van der Waals surface area contributed by atoms with Gasteiger partial charge in [-0.1, -0.05) is 26.8 Å². The minimum atomic E-state index is 0. The van der Waals surface area contributed by atoms with Crippen molar-refractivity contribution in [3.63, 3.8) is 0 Å². The van der Waals surface area contributed by atoms with Crippen molar-refractivity contribution in [1.29, 1.82) is 0 Å². The van der Waals surface area contributed by atoms with Gasteiger partial charge >= 0.3 is 0 Å². The topological polar surface area (TPSA) is 21.6 Å². The van der Waals surface area contributed by atoms with Crippen molar-refractivity contribution in [2.24, 2.45) is 16.8 Å². The lowest BCUT2D eigenvalue weighted by molar-refractivity contribution is -0.00436. The van der Waals surface area contributed by atoms with E-state index in [1.54, 1.807) is 11.1 Å². The number of nitrogens with zero attached hydrogens (tertiary/aromatic N) is 1. The van der Waals surface area contributed by atoms with Crippen molar-refractivity contribution in [2.45, 2.75) is 79.4 Å². The molecule has 2 nitrogen and oxygen atoms in total. The molecule has 116 valence electrons. The summed E-state index contributed by atoms with van der Waals surface area (Å²) in [5, 5.41) is 0. The van der Waals surface area contributed by atoms with Gasteiger partial charge in [0.1, 0.15) is 0 Å². The SMILES string of the molecule is C.CC(C)OC1CCCC2C=NCC(C(C)C)=C2CC1. The standard InChI is InChI=1S/C17H29NO.CH4/c1-12(2)17-11-18-10-14-6-5-7-15(19-13(3)4)8-9-16(14)17;/h10,12-15H,5-9,11H2,1-4H3;1H4. The van der Waals surface area contributed by atoms with Gasteiger partial charge in [0.2, 0.25) is 0 Å². The van der Waals surface area contributed by atoms with Crippen molar-refractivity contribution in [3.8, 4) is 0 Å². The van der Waals surface area contributed by atoms with Crippen LogP contribution in [0.1, 0.15) is 67.2 Å². The van der Waals surface area contributed by atoms with Crippen molar-refractivity contribution < 1.29 is 4.74 Å². The van der Waals surface area contributed by atoms with Gasteiger partial charge in [-0.05, 0) is 57.4 Å². The number of ether oxygens (including phenoxy) is 1. The third kappa shape index (κ3) is 4.44. The number of aliphatic imine (C=N–C) groups is 1. The van der Waals surface area contributed by atoms with Crippen LogP contribution in [0.15, 0.2) is 16.1 Å². The lowest BCUT2D eigenvalue weighted by atomic mass is 9.79. The maximum atomic E-state index is 6.05. The summed E-state index contributed by atoms with van der Waals surface area (Å²) < 4.78 is 6.05. The van der Waals surface area contributed by atoms with Crippen LogP contribution in [0.3, 0.4) is 0 Å². The van der Waals surface area contributed by atoms with E-state index in [1.165, 1.54) is 32.1 Å². The Bertz CT molecular complexity index is 354. The monoisotopic (exact) mass is 279 g/mol. The van der Waals surface area contributed by atoms with E-state index >= 15 is 0 Å². The molecule has 1 saturated carbocycles. The fraction of sp³-hybridized carbons (Fsp3) is 0.833. The summed E-state index contributed by atoms with van der Waals surface area (Å²) in [6.45, 7) is 9.84. The Kier molecular flexibility index (Phi) is 6.94. The summed E-state index contributed by atoms with van der Waals surface area (Å²) in [6, 6.07) is 0. The van der Waals surface area contributed by atoms with Gasteiger partial charge in [-0.2, -0.15) is 0 Å². The van der Waals surface area contributed by atoms with E-state index < -0.39 is 0 Å². The van der Waals surface area contributed by atoms with Crippen LogP contribution in [-0.4, -0.2) is 25.0 Å². The molecule has 2 aliphatic rings. The molecule has 0 spiro atoms. The zero-order chi connectivity index (χ0) is 13.8. The second kappa shape index (κ2) is 7.97. The predicted molar refractivity (Wildman–Crippen MR) is 88.5 cm³/mol. The summed E-state index contributed by atoms with van der Waals surface area (Å²) in [5.41, 5.74) is 3.28. The summed E-state index contributed by atoms with van der Waals surface area (Å²) >= 11 is 0. The van der Waals surface area contributed by atoms with E-state index in [9.17, 15) is 0 Å². The van der Waals surface area contributed by atoms with E-state index in [-0.39, 0.29) is 7.43 Å². The molecule has 0 aromatic heterocycles. The molecule has 0 radical (unpaired) electrons. The molecule has 0 amide bonds. The second-order valence-corrected chi connectivity index (χ2v) is 6.58. The third-order valence-electron chi connectivity index (χ3n) is 4.35. The lowest BCUT2D eigenvalue weighted by Crippen LogP contribution is -2.25. The number of fused-ring (bicyclic) bond motifs is 1. The van der Waals surface area contributed by atoms with Gasteiger partial charge < -0.3 is 4.74 Å². The average molecular weight is 279 g/mol. The first-order valence-corrected chi connectivity index (χ1v) is 7.95. The van der Waals surface area contributed by atoms with Gasteiger partial charge in [0.15, 0.2) is 0 Å². The van der Waals surface area contributed by atoms with Crippen molar-refractivity contribution >= 4 is 6.21 Å². The smallest absolute Gasteiger partial charge is 0.0601 e. The zero-order valence-corrected chi connectivity index (χ0v) is 13.0. The molecule has 0 saturated heterocycles. The maximum absolute atomic E-state index is 6.05. The first-order chi connectivity index (χ1) is 9.08. The molecule has 0 N–H and O–H groups in total. The summed E-state index contributed by atoms with van der Waals surface area (Å²) in [6.07, 6.45) is 9.16. The molecule has 2 unspecified atom stereocenters. The molecule has 0 aromatic rings. The Morgan fingerprint density at radius 3 is 2.55 bits per heavy atom. The first kappa shape index (κ1) is 17.4. The summed E-state index contributed by atoms with van der Waals surface area (Å²) in [7, 11) is 0. The number of rotatable bonds is 3. The zero-order valence-electron chi connectivity index (χ0n) is 13.0. The fourth-order valence-electron chi connectivity index (χ4n) is 3.40. The predicted octanol–water partition coefficient (Wildman–Crippen LogP) is 5.03. The largest absolute Gasteiger partial charge is 0.376 e. The molecule has 1 aliphatic carbocycles. The highest BCUT2D eigenvalue weighted by Gasteiger charge is 2.25. The van der Waals surface area contributed by atoms with Crippen molar-refractivity contribution in [1.82, 2.24) is 0 Å². The molecule has 1 aliphatic heterocycles. The van der Waals surface area contributed by atoms with Crippen molar-refractivity contribution in [3.05, 3.63) is 11.1 Å². The highest BCUT2D eigenvalue weighted by atomic mass is 16.5. The second-order valence-electron chi connectivity index (χ2n) is 6.58. The van der Waals surface area contributed by atoms with E-state index in [2.05, 4.69) is 38.9 Å². The molecule has 0 bridgehead atoms. The van der Waals surface area contributed by atoms with Crippen LogP contribution in [0.4, 0.5) is 0 Å². The third-order valence-corrected chi connectivity index (χ3v) is 4.35. The number of dihydropyridines is 1. The van der Waals surface area contributed by atoms with Crippen LogP contribution < -0.4 is 0 Å². The molecule has 20 heavy (non-hydrogen) atoms. The number of allylic oxidation sites excluding steroid dienone is 1. The Balaban J connectivity index is 0.00000200. The van der Waals surface area contributed by atoms with Crippen LogP contribution >= 0.6 is 0 Å². The average Bonchev–Trinajstić information content (AvgIpc) is 2.32. The molecule has 2 atom stereocenters. The molecular weight excluding hydrogens is 246 g/mol. The van der Waals surface area contributed by atoms with Crippen LogP contribution in [0.25, 0.3) is 0 Å². The maximum Gasteiger partial charge on any atom is 0.0601 e. The van der Waals surface area contributed by atoms with Gasteiger partial charge in [0.05, 0.1) is 18.8 Å². The van der Waals surface area contributed by atoms with E-state index in [4.69, 9.17) is 4.74 Å². The van der Waals surface area contributed by atoms with Gasteiger partial charge in [0.25, 0.3) is 0 Å². The van der Waals surface area contributed by atoms with Gasteiger partial charge in [0, 0.05) is 12.1 Å². The Morgan fingerprint density at radius 1 is 1.15 bits per heavy atom. The van der Waals surface area contributed by atoms with E-state index in [1.807, 2.05) is 0 Å². The molecule has 1 fully saturated rings. The first-order valence-electron chi connectivity index (χ1n) is 7.95. The lowest BCUT2D eigenvalue weighted by Gasteiger charge is -2.31. The molecule has 2 rings (SSSR count). The fourth-order valence-corrected chi connectivity index (χ4v) is 3.40. The summed E-state index contributed by atoms with van der Waals surface area (Å²) in [4.78, 5) is 4.59. The van der Waals surface area contributed by atoms with Gasteiger partial charge in [-0.15, -0.1) is 0 Å². The van der Waals surface area contributed by atoms with E-state index in [0.29, 0.717) is 24.0 Å². The number of hydrogen-bond donors (Lipinski definition) is 0. The molecule has 2 heteroatoms. The molecular formula is C18H33NO. The van der Waals surface area contributed by atoms with Crippen molar-refractivity contribution in [2.75, 3.05) is 6.54 Å². The highest BCUT2D eigenvalue weighted by Crippen LogP contribution is 2.34. The van der Waals surface area contributed by atoms with E-state index in [0.717, 1.165) is 6.54 Å². The van der Waals surface area contributed by atoms with Crippen LogP contribution in [0.2, 0.25) is 0 Å². The Hall–Kier alpha value is -0.630. The Morgan fingerprint density at radius 2 is 1.90 bits per heavy atom. The van der Waals surface area contributed by atoms with Crippen LogP contribution in [-0.2, 0) is 4.74 Å². The van der Waals surface area contributed by atoms with Crippen LogP contribution in [0, 0.1) is 11.8 Å². The highest BCUT2D eigenvalue weighted by molar-refractivity contribution is 5.67. The molecule has 1 heterocycles.